The lowest BCUT2D eigenvalue weighted by molar-refractivity contribution is 0.590. The van der Waals surface area contributed by atoms with Crippen molar-refractivity contribution in [3.8, 4) is 67.3 Å². The highest BCUT2D eigenvalue weighted by Gasteiger charge is 2.47. The summed E-state index contributed by atoms with van der Waals surface area (Å²) in [5.41, 5.74) is 40.8. The molecule has 0 unspecified atom stereocenters. The van der Waals surface area contributed by atoms with Crippen molar-refractivity contribution in [1.82, 2.24) is 18.3 Å². The zero-order valence-electron chi connectivity index (χ0n) is 83.2. The summed E-state index contributed by atoms with van der Waals surface area (Å²) in [6.45, 7) is 49.3. The molecule has 6 nitrogen and oxygen atoms in total. The van der Waals surface area contributed by atoms with Gasteiger partial charge in [0.2, 0.25) is 0 Å². The zero-order valence-corrected chi connectivity index (χ0v) is 83.2. The van der Waals surface area contributed by atoms with Gasteiger partial charge in [-0.25, -0.2) is 0 Å². The van der Waals surface area contributed by atoms with Crippen LogP contribution in [0.3, 0.4) is 0 Å². The lowest BCUT2D eigenvalue weighted by Crippen LogP contribution is -2.61. The molecule has 2 aliphatic heterocycles. The molecule has 4 aromatic heterocycles. The monoisotopic (exact) mass is 1780 g/mol. The van der Waals surface area contributed by atoms with E-state index in [-0.39, 0.29) is 39.2 Å². The third-order valence-corrected chi connectivity index (χ3v) is 29.9. The first-order valence-corrected chi connectivity index (χ1v) is 49.3. The van der Waals surface area contributed by atoms with E-state index in [1.165, 1.54) is 132 Å². The van der Waals surface area contributed by atoms with Crippen molar-refractivity contribution in [3.63, 3.8) is 0 Å². The van der Waals surface area contributed by atoms with Crippen LogP contribution in [-0.2, 0) is 37.9 Å². The van der Waals surface area contributed by atoms with Crippen LogP contribution in [0.5, 0.6) is 0 Å². The molecule has 0 aliphatic carbocycles. The molecule has 674 valence electrons. The standard InChI is InChI=1S/C130H121BN6/c1-124(2,3)88-48-58-109-99(70-88)100-71-89(125(4,5)6)49-59-110(100)132(109)97-54-56-107-115(78-97)136(119-68-86(82-40-30-24-31-41-82)66-105-103-74-92(128(13,14)15)52-62-113(103)134(122(105)119)95-46-34-44-84(64-95)80-36-26-22-27-37-80)117-76-94(130(19,20)21)77-118-121(117)131(107)108-57-55-98(133-111-60-50-90(126(7,8)9)72-101(111)102-73-91(127(10,11)12)51-61-112(102)133)79-116(108)137(118)120-69-87(83-42-32-25-33-43-83)67-106-104-75-93(129(16,17)18)53-63-114(104)135(123(106)120)96-47-35-45-85(65-96)81-38-28-23-29-39-81/h22-79H,1-21H3. The third kappa shape index (κ3) is 14.4. The van der Waals surface area contributed by atoms with E-state index in [1.807, 2.05) is 0 Å². The number of rotatable bonds is 10. The summed E-state index contributed by atoms with van der Waals surface area (Å²) >= 11 is 0. The van der Waals surface area contributed by atoms with Crippen molar-refractivity contribution in [2.45, 2.75) is 183 Å². The summed E-state index contributed by atoms with van der Waals surface area (Å²) in [5.74, 6) is 0. The van der Waals surface area contributed by atoms with E-state index in [9.17, 15) is 0 Å². The molecule has 0 saturated carbocycles. The summed E-state index contributed by atoms with van der Waals surface area (Å²) in [5, 5.41) is 9.75. The molecule has 0 N–H and O–H groups in total. The van der Waals surface area contributed by atoms with Gasteiger partial charge in [0.25, 0.3) is 6.71 Å². The summed E-state index contributed by atoms with van der Waals surface area (Å²) in [7, 11) is 0. The van der Waals surface area contributed by atoms with Crippen molar-refractivity contribution in [2.24, 2.45) is 0 Å². The van der Waals surface area contributed by atoms with Crippen LogP contribution >= 0.6 is 0 Å². The van der Waals surface area contributed by atoms with E-state index < -0.39 is 5.41 Å². The average Bonchev–Trinajstić information content (AvgIpc) is 1.59. The maximum atomic E-state index is 2.78. The molecule has 23 rings (SSSR count). The van der Waals surface area contributed by atoms with Gasteiger partial charge in [-0.2, -0.15) is 0 Å². The van der Waals surface area contributed by atoms with Gasteiger partial charge in [-0.1, -0.05) is 340 Å². The second-order valence-electron chi connectivity index (χ2n) is 46.3. The predicted molar refractivity (Wildman–Crippen MR) is 590 cm³/mol. The first-order valence-electron chi connectivity index (χ1n) is 49.3. The van der Waals surface area contributed by atoms with Gasteiger partial charge in [0.05, 0.1) is 55.5 Å². The normalized spacial score (nSPS) is 13.4. The molecule has 0 spiro atoms. The van der Waals surface area contributed by atoms with Crippen molar-refractivity contribution < 1.29 is 0 Å². The topological polar surface area (TPSA) is 26.2 Å². The molecular weight excluding hydrogens is 1660 g/mol. The molecule has 7 heteroatoms. The Bertz CT molecular complexity index is 7900. The van der Waals surface area contributed by atoms with Gasteiger partial charge in [-0.15, -0.1) is 0 Å². The maximum absolute atomic E-state index is 2.78. The molecule has 0 atom stereocenters. The predicted octanol–water partition coefficient (Wildman–Crippen LogP) is 33.9. The Labute approximate surface area is 808 Å². The Morgan fingerprint density at radius 2 is 0.423 bits per heavy atom. The molecule has 0 radical (unpaired) electrons. The number of anilines is 6. The fourth-order valence-electron chi connectivity index (χ4n) is 22.2. The highest BCUT2D eigenvalue weighted by atomic mass is 15.2. The van der Waals surface area contributed by atoms with Gasteiger partial charge < -0.3 is 28.1 Å². The fraction of sp³-hybridized carbons (Fsp3) is 0.215. The zero-order chi connectivity index (χ0) is 95.0. The summed E-state index contributed by atoms with van der Waals surface area (Å²) in [4.78, 5) is 5.57. The smallest absolute Gasteiger partial charge is 0.252 e. The molecule has 137 heavy (non-hydrogen) atoms. The molecular formula is C130H121BN6. The fourth-order valence-corrected chi connectivity index (χ4v) is 22.2. The van der Waals surface area contributed by atoms with E-state index >= 15 is 0 Å². The third-order valence-electron chi connectivity index (χ3n) is 29.9. The van der Waals surface area contributed by atoms with Gasteiger partial charge in [0, 0.05) is 88.6 Å². The minimum Gasteiger partial charge on any atom is -0.309 e. The first-order chi connectivity index (χ1) is 65.3. The largest absolute Gasteiger partial charge is 0.309 e. The van der Waals surface area contributed by atoms with Crippen LogP contribution in [-0.4, -0.2) is 25.0 Å². The Morgan fingerprint density at radius 3 is 0.708 bits per heavy atom. The van der Waals surface area contributed by atoms with Crippen molar-refractivity contribution in [2.75, 3.05) is 9.80 Å². The summed E-state index contributed by atoms with van der Waals surface area (Å²) in [6, 6.07) is 138. The Balaban J connectivity index is 0.917. The Hall–Kier alpha value is -14.4. The lowest BCUT2D eigenvalue weighted by atomic mass is 9.33. The van der Waals surface area contributed by atoms with Gasteiger partial charge in [0.1, 0.15) is 0 Å². The van der Waals surface area contributed by atoms with Crippen LogP contribution in [0.2, 0.25) is 0 Å². The summed E-state index contributed by atoms with van der Waals surface area (Å²) in [6.07, 6.45) is 0. The van der Waals surface area contributed by atoms with Crippen molar-refractivity contribution in [1.29, 1.82) is 0 Å². The number of aromatic nitrogens is 4. The quantitative estimate of drug-likeness (QED) is 0.128. The maximum Gasteiger partial charge on any atom is 0.252 e. The molecule has 21 aromatic rings. The van der Waals surface area contributed by atoms with E-state index in [4.69, 9.17) is 0 Å². The van der Waals surface area contributed by atoms with Crippen molar-refractivity contribution >= 4 is 144 Å². The van der Waals surface area contributed by atoms with Gasteiger partial charge in [0.15, 0.2) is 0 Å². The molecule has 0 amide bonds. The Morgan fingerprint density at radius 1 is 0.168 bits per heavy atom. The highest BCUT2D eigenvalue weighted by molar-refractivity contribution is 7.00. The second kappa shape index (κ2) is 31.1. The van der Waals surface area contributed by atoms with Crippen LogP contribution in [0.4, 0.5) is 34.1 Å². The molecule has 17 aromatic carbocycles. The first kappa shape index (κ1) is 86.7. The SMILES string of the molecule is CC(C)(C)c1cc2c3c(c1)N(c1cc(-c4ccccc4)cc4c5cc(C(C)(C)C)ccc5n(-c5cccc(-c6ccccc6)c5)c14)c1cc(-n4c5ccc(C(C)(C)C)cc5c5cc(C(C)(C)C)ccc54)ccc1B3c1ccc(-n3c4ccc(C(C)(C)C)cc4c4cc(C(C)(C)C)ccc43)cc1N2c1cc(-c2ccccc2)cc2c3cc(C(C)(C)C)ccc3n(-c3cccc(-c4ccccc4)c3)c12. The van der Waals surface area contributed by atoms with Crippen molar-refractivity contribution in [3.05, 3.63) is 391 Å². The van der Waals surface area contributed by atoms with Crippen LogP contribution < -0.4 is 26.2 Å². The second-order valence-corrected chi connectivity index (χ2v) is 46.3. The number of fused-ring (bicyclic) bond motifs is 16. The van der Waals surface area contributed by atoms with Crippen LogP contribution in [0.25, 0.3) is 154 Å². The number of hydrogen-bond acceptors (Lipinski definition) is 2. The molecule has 0 fully saturated rings. The number of benzene rings is 17. The number of hydrogen-bond donors (Lipinski definition) is 0. The Kier molecular flexibility index (Phi) is 19.7. The molecule has 6 heterocycles. The summed E-state index contributed by atoms with van der Waals surface area (Å²) < 4.78 is 10.4. The van der Waals surface area contributed by atoms with Crippen LogP contribution in [0, 0.1) is 0 Å². The van der Waals surface area contributed by atoms with Gasteiger partial charge >= 0.3 is 0 Å². The van der Waals surface area contributed by atoms with Gasteiger partial charge in [-0.3, -0.25) is 0 Å². The van der Waals surface area contributed by atoms with Gasteiger partial charge in [-0.05, 0) is 295 Å². The van der Waals surface area contributed by atoms with E-state index in [0.29, 0.717) is 0 Å². The van der Waals surface area contributed by atoms with Crippen LogP contribution in [0.15, 0.2) is 352 Å². The number of nitrogens with zero attached hydrogens (tertiary/aromatic N) is 6. The molecule has 0 bridgehead atoms. The minimum atomic E-state index is -0.432. The van der Waals surface area contributed by atoms with E-state index in [2.05, 4.69) is 525 Å². The highest BCUT2D eigenvalue weighted by Crippen LogP contribution is 2.56. The average molecular weight is 1780 g/mol. The van der Waals surface area contributed by atoms with Crippen LogP contribution in [0.1, 0.15) is 184 Å². The van der Waals surface area contributed by atoms with E-state index in [1.54, 1.807) is 0 Å². The minimum absolute atomic E-state index is 0.101. The lowest BCUT2D eigenvalue weighted by Gasteiger charge is -2.45. The molecule has 0 saturated heterocycles. The van der Waals surface area contributed by atoms with E-state index in [0.717, 1.165) is 112 Å². The molecule has 2 aliphatic rings.